The molecule has 3 heteroatoms. The molecule has 0 radical (unpaired) electrons. The Morgan fingerprint density at radius 2 is 2.25 bits per heavy atom. The van der Waals surface area contributed by atoms with E-state index in [0.29, 0.717) is 12.1 Å². The van der Waals surface area contributed by atoms with Gasteiger partial charge in [0, 0.05) is 4.47 Å². The smallest absolute Gasteiger partial charge is 0.0992 e. The molecule has 0 saturated carbocycles. The van der Waals surface area contributed by atoms with E-state index in [1.165, 1.54) is 0 Å². The number of hydrogen-bond acceptors (Lipinski definition) is 2. The largest absolute Gasteiger partial charge is 0.330 e. The van der Waals surface area contributed by atoms with Gasteiger partial charge in [-0.2, -0.15) is 5.26 Å². The second-order valence-corrected chi connectivity index (χ2v) is 3.31. The fourth-order valence-electron chi connectivity index (χ4n) is 0.975. The van der Waals surface area contributed by atoms with Crippen LogP contribution in [0.25, 0.3) is 0 Å². The molecule has 0 fully saturated rings. The van der Waals surface area contributed by atoms with E-state index in [9.17, 15) is 0 Å². The number of nitriles is 1. The van der Waals surface area contributed by atoms with Crippen molar-refractivity contribution < 1.29 is 0 Å². The highest BCUT2D eigenvalue weighted by molar-refractivity contribution is 9.10. The number of nitrogens with zero attached hydrogens (tertiary/aromatic N) is 1. The van der Waals surface area contributed by atoms with Crippen molar-refractivity contribution >= 4 is 15.9 Å². The van der Waals surface area contributed by atoms with Crippen molar-refractivity contribution in [1.29, 1.82) is 5.26 Å². The van der Waals surface area contributed by atoms with Gasteiger partial charge in [-0.25, -0.2) is 0 Å². The summed E-state index contributed by atoms with van der Waals surface area (Å²) in [6.45, 7) is 0.629. The van der Waals surface area contributed by atoms with Crippen molar-refractivity contribution in [3.05, 3.63) is 33.8 Å². The summed E-state index contributed by atoms with van der Waals surface area (Å²) in [6.07, 6.45) is 0.840. The normalized spacial score (nSPS) is 9.42. The maximum Gasteiger partial charge on any atom is 0.0992 e. The van der Waals surface area contributed by atoms with Gasteiger partial charge in [0.15, 0.2) is 0 Å². The molecule has 0 unspecified atom stereocenters. The highest BCUT2D eigenvalue weighted by Crippen LogP contribution is 2.18. The summed E-state index contributed by atoms with van der Waals surface area (Å²) in [5.74, 6) is 0. The van der Waals surface area contributed by atoms with E-state index < -0.39 is 0 Å². The molecule has 0 heterocycles. The third kappa shape index (κ3) is 2.07. The van der Waals surface area contributed by atoms with Crippen LogP contribution in [0.2, 0.25) is 0 Å². The summed E-state index contributed by atoms with van der Waals surface area (Å²) in [5.41, 5.74) is 7.23. The number of rotatable bonds is 2. The van der Waals surface area contributed by atoms with Gasteiger partial charge in [-0.15, -0.1) is 0 Å². The Balaban J connectivity index is 2.97. The van der Waals surface area contributed by atoms with Crippen LogP contribution in [0.5, 0.6) is 0 Å². The lowest BCUT2D eigenvalue weighted by molar-refractivity contribution is 0.963. The van der Waals surface area contributed by atoms with Crippen LogP contribution in [0.4, 0.5) is 0 Å². The Morgan fingerprint density at radius 1 is 1.50 bits per heavy atom. The van der Waals surface area contributed by atoms with Crippen LogP contribution in [0.3, 0.4) is 0 Å². The van der Waals surface area contributed by atoms with Gasteiger partial charge in [0.05, 0.1) is 11.6 Å². The van der Waals surface area contributed by atoms with E-state index in [2.05, 4.69) is 22.0 Å². The molecular formula is C9H9BrN2. The van der Waals surface area contributed by atoms with E-state index in [-0.39, 0.29) is 0 Å². The molecule has 0 aromatic heterocycles. The Kier molecular flexibility index (Phi) is 3.27. The molecule has 0 atom stereocenters. The van der Waals surface area contributed by atoms with E-state index >= 15 is 0 Å². The quantitative estimate of drug-likeness (QED) is 0.834. The van der Waals surface area contributed by atoms with Gasteiger partial charge in [0.2, 0.25) is 0 Å². The topological polar surface area (TPSA) is 49.8 Å². The minimum absolute atomic E-state index is 0.629. The first-order chi connectivity index (χ1) is 5.77. The lowest BCUT2D eigenvalue weighted by Gasteiger charge is -2.01. The third-order valence-corrected chi connectivity index (χ3v) is 2.33. The van der Waals surface area contributed by atoms with E-state index in [1.807, 2.05) is 12.1 Å². The van der Waals surface area contributed by atoms with Crippen LogP contribution in [0.1, 0.15) is 11.1 Å². The first kappa shape index (κ1) is 9.24. The first-order valence-electron chi connectivity index (χ1n) is 3.66. The number of hydrogen-bond donors (Lipinski definition) is 1. The van der Waals surface area contributed by atoms with Crippen LogP contribution in [0.15, 0.2) is 22.7 Å². The molecule has 0 amide bonds. The molecule has 2 N–H and O–H groups in total. The van der Waals surface area contributed by atoms with Crippen LogP contribution in [0, 0.1) is 11.3 Å². The molecule has 0 aliphatic carbocycles. The van der Waals surface area contributed by atoms with Crippen molar-refractivity contribution in [1.82, 2.24) is 0 Å². The second-order valence-electron chi connectivity index (χ2n) is 2.46. The Morgan fingerprint density at radius 3 is 2.75 bits per heavy atom. The van der Waals surface area contributed by atoms with Gasteiger partial charge in [0.25, 0.3) is 0 Å². The Bertz CT molecular complexity index is 315. The first-order valence-corrected chi connectivity index (χ1v) is 4.46. The van der Waals surface area contributed by atoms with Crippen LogP contribution >= 0.6 is 15.9 Å². The zero-order valence-corrected chi connectivity index (χ0v) is 8.13. The SMILES string of the molecule is N#Cc1ccc(CCN)c(Br)c1. The molecule has 0 aliphatic rings. The van der Waals surface area contributed by atoms with Gasteiger partial charge >= 0.3 is 0 Å². The van der Waals surface area contributed by atoms with Crippen LogP contribution in [-0.4, -0.2) is 6.54 Å². The van der Waals surface area contributed by atoms with Gasteiger partial charge in [-0.1, -0.05) is 22.0 Å². The highest BCUT2D eigenvalue weighted by Gasteiger charge is 1.99. The average molecular weight is 225 g/mol. The van der Waals surface area contributed by atoms with Crippen molar-refractivity contribution in [3.63, 3.8) is 0 Å². The lowest BCUT2D eigenvalue weighted by atomic mass is 10.1. The Hall–Kier alpha value is -0.850. The molecule has 1 rings (SSSR count). The number of benzene rings is 1. The lowest BCUT2D eigenvalue weighted by Crippen LogP contribution is -2.03. The minimum Gasteiger partial charge on any atom is -0.330 e. The standard InChI is InChI=1S/C9H9BrN2/c10-9-5-7(6-12)1-2-8(9)3-4-11/h1-2,5H,3-4,11H2. The van der Waals surface area contributed by atoms with E-state index in [1.54, 1.807) is 6.07 Å². The maximum absolute atomic E-state index is 8.59. The third-order valence-electron chi connectivity index (χ3n) is 1.60. The van der Waals surface area contributed by atoms with Crippen LogP contribution < -0.4 is 5.73 Å². The maximum atomic E-state index is 8.59. The fraction of sp³-hybridized carbons (Fsp3) is 0.222. The zero-order chi connectivity index (χ0) is 8.97. The predicted octanol–water partition coefficient (Wildman–Crippen LogP) is 1.82. The van der Waals surface area contributed by atoms with Crippen molar-refractivity contribution in [2.75, 3.05) is 6.54 Å². The number of halogens is 1. The van der Waals surface area contributed by atoms with Crippen molar-refractivity contribution in [2.45, 2.75) is 6.42 Å². The summed E-state index contributed by atoms with van der Waals surface area (Å²) in [6, 6.07) is 7.61. The summed E-state index contributed by atoms with van der Waals surface area (Å²) in [5, 5.41) is 8.59. The van der Waals surface area contributed by atoms with Gasteiger partial charge < -0.3 is 5.73 Å². The highest BCUT2D eigenvalue weighted by atomic mass is 79.9. The molecule has 1 aromatic rings. The monoisotopic (exact) mass is 224 g/mol. The molecule has 62 valence electrons. The summed E-state index contributed by atoms with van der Waals surface area (Å²) in [4.78, 5) is 0. The molecule has 0 aliphatic heterocycles. The fourth-order valence-corrected chi connectivity index (χ4v) is 1.55. The molecule has 0 spiro atoms. The molecule has 1 aromatic carbocycles. The molecule has 0 bridgehead atoms. The van der Waals surface area contributed by atoms with Gasteiger partial charge in [-0.05, 0) is 30.7 Å². The Labute approximate surface area is 80.1 Å². The summed E-state index contributed by atoms with van der Waals surface area (Å²) >= 11 is 3.38. The molecule has 2 nitrogen and oxygen atoms in total. The predicted molar refractivity (Wildman–Crippen MR) is 51.6 cm³/mol. The van der Waals surface area contributed by atoms with Gasteiger partial charge in [0.1, 0.15) is 0 Å². The zero-order valence-electron chi connectivity index (χ0n) is 6.55. The summed E-state index contributed by atoms with van der Waals surface area (Å²) in [7, 11) is 0. The average Bonchev–Trinajstić information content (AvgIpc) is 2.09. The molecule has 12 heavy (non-hydrogen) atoms. The summed E-state index contributed by atoms with van der Waals surface area (Å²) < 4.78 is 0.965. The molecule has 0 saturated heterocycles. The van der Waals surface area contributed by atoms with Crippen molar-refractivity contribution in [2.24, 2.45) is 5.73 Å². The number of nitrogens with two attached hydrogens (primary N) is 1. The van der Waals surface area contributed by atoms with Crippen LogP contribution in [-0.2, 0) is 6.42 Å². The second kappa shape index (κ2) is 4.24. The van der Waals surface area contributed by atoms with Crippen molar-refractivity contribution in [3.8, 4) is 6.07 Å². The molecular weight excluding hydrogens is 216 g/mol. The van der Waals surface area contributed by atoms with E-state index in [0.717, 1.165) is 16.5 Å². The minimum atomic E-state index is 0.629. The van der Waals surface area contributed by atoms with E-state index in [4.69, 9.17) is 11.0 Å². The van der Waals surface area contributed by atoms with Gasteiger partial charge in [-0.3, -0.25) is 0 Å².